The van der Waals surface area contributed by atoms with Crippen molar-refractivity contribution in [3.05, 3.63) is 47.0 Å². The lowest BCUT2D eigenvalue weighted by atomic mass is 10.1. The molecule has 0 unspecified atom stereocenters. The summed E-state index contributed by atoms with van der Waals surface area (Å²) in [6.45, 7) is 8.83. The number of rotatable bonds is 2. The second-order valence-corrected chi connectivity index (χ2v) is 7.18. The summed E-state index contributed by atoms with van der Waals surface area (Å²) >= 11 is 0. The molecule has 0 radical (unpaired) electrons. The molecule has 5 rings (SSSR count). The Morgan fingerprint density at radius 3 is 2.50 bits per heavy atom. The lowest BCUT2D eigenvalue weighted by molar-refractivity contribution is 0.879. The molecule has 3 heterocycles. The third-order valence-corrected chi connectivity index (χ3v) is 5.27. The lowest BCUT2D eigenvalue weighted by Gasteiger charge is -2.08. The molecule has 0 amide bonds. The predicted octanol–water partition coefficient (Wildman–Crippen LogP) is 3.66. The van der Waals surface area contributed by atoms with Crippen LogP contribution in [0.15, 0.2) is 35.3 Å². The fraction of sp³-hybridized carbons (Fsp3) is 0.286. The van der Waals surface area contributed by atoms with Crippen molar-refractivity contribution >= 4 is 38.9 Å². The summed E-state index contributed by atoms with van der Waals surface area (Å²) in [6.07, 6.45) is 0. The Kier molecular flexibility index (Phi) is 3.26. The van der Waals surface area contributed by atoms with Gasteiger partial charge >= 0.3 is 0 Å². The van der Waals surface area contributed by atoms with Crippen molar-refractivity contribution in [1.82, 2.24) is 19.9 Å². The summed E-state index contributed by atoms with van der Waals surface area (Å²) in [5.74, 6) is 1.02. The van der Waals surface area contributed by atoms with E-state index in [0.717, 1.165) is 52.0 Å². The van der Waals surface area contributed by atoms with E-state index in [2.05, 4.69) is 66.0 Å². The molecule has 1 N–H and O–H groups in total. The van der Waals surface area contributed by atoms with Crippen LogP contribution >= 0.6 is 0 Å². The van der Waals surface area contributed by atoms with Gasteiger partial charge < -0.3 is 9.88 Å². The van der Waals surface area contributed by atoms with Gasteiger partial charge in [-0.25, -0.2) is 9.97 Å². The van der Waals surface area contributed by atoms with Crippen molar-refractivity contribution in [2.24, 2.45) is 4.99 Å². The number of hydrogen-bond acceptors (Lipinski definition) is 4. The fourth-order valence-corrected chi connectivity index (χ4v) is 3.72. The first-order chi connectivity index (χ1) is 12.6. The van der Waals surface area contributed by atoms with E-state index in [4.69, 9.17) is 9.97 Å². The zero-order valence-electron chi connectivity index (χ0n) is 15.3. The molecule has 5 nitrogen and oxygen atoms in total. The molecule has 2 aromatic carbocycles. The van der Waals surface area contributed by atoms with E-state index in [0.29, 0.717) is 6.54 Å². The summed E-state index contributed by atoms with van der Waals surface area (Å²) in [5, 5.41) is 4.53. The van der Waals surface area contributed by atoms with Crippen LogP contribution in [0.4, 0.5) is 0 Å². The van der Waals surface area contributed by atoms with Crippen molar-refractivity contribution in [2.75, 3.05) is 13.1 Å². The Morgan fingerprint density at radius 1 is 1.00 bits per heavy atom. The summed E-state index contributed by atoms with van der Waals surface area (Å²) in [7, 11) is 0. The van der Waals surface area contributed by atoms with Crippen molar-refractivity contribution in [3.8, 4) is 0 Å². The molecule has 0 atom stereocenters. The number of aromatic nitrogens is 3. The van der Waals surface area contributed by atoms with Crippen LogP contribution in [0.1, 0.15) is 16.7 Å². The van der Waals surface area contributed by atoms with Crippen molar-refractivity contribution in [3.63, 3.8) is 0 Å². The number of nitrogens with zero attached hydrogens (tertiary/aromatic N) is 4. The molecule has 4 aromatic rings. The molecule has 0 saturated carbocycles. The van der Waals surface area contributed by atoms with Crippen LogP contribution in [0.5, 0.6) is 0 Å². The fourth-order valence-electron chi connectivity index (χ4n) is 3.72. The Balaban J connectivity index is 1.87. The van der Waals surface area contributed by atoms with E-state index >= 15 is 0 Å². The van der Waals surface area contributed by atoms with Crippen LogP contribution in [0.3, 0.4) is 0 Å². The first-order valence-corrected chi connectivity index (χ1v) is 9.05. The van der Waals surface area contributed by atoms with Gasteiger partial charge in [0.25, 0.3) is 0 Å². The number of fused-ring (bicyclic) bond motifs is 4. The van der Waals surface area contributed by atoms with Crippen LogP contribution in [0.25, 0.3) is 33.1 Å². The van der Waals surface area contributed by atoms with Crippen LogP contribution in [-0.2, 0) is 6.54 Å². The van der Waals surface area contributed by atoms with E-state index < -0.39 is 0 Å². The van der Waals surface area contributed by atoms with Crippen LogP contribution in [0, 0.1) is 20.8 Å². The smallest absolute Gasteiger partial charge is 0.160 e. The molecule has 0 saturated heterocycles. The minimum atomic E-state index is 0.702. The minimum absolute atomic E-state index is 0.702. The second-order valence-electron chi connectivity index (χ2n) is 7.18. The molecule has 5 heteroatoms. The quantitative estimate of drug-likeness (QED) is 0.604. The van der Waals surface area contributed by atoms with E-state index in [1.807, 2.05) is 0 Å². The molecule has 0 spiro atoms. The van der Waals surface area contributed by atoms with Gasteiger partial charge in [0.15, 0.2) is 5.65 Å². The zero-order valence-corrected chi connectivity index (χ0v) is 15.3. The Hall–Kier alpha value is -2.95. The van der Waals surface area contributed by atoms with E-state index in [9.17, 15) is 0 Å². The highest BCUT2D eigenvalue weighted by Crippen LogP contribution is 2.30. The normalized spacial score (nSPS) is 14.3. The van der Waals surface area contributed by atoms with Gasteiger partial charge in [-0.15, -0.1) is 0 Å². The number of aryl methyl sites for hydroxylation is 3. The van der Waals surface area contributed by atoms with Crippen molar-refractivity contribution < 1.29 is 0 Å². The largest absolute Gasteiger partial charge is 0.370 e. The number of nitrogens with one attached hydrogen (secondary N) is 1. The Morgan fingerprint density at radius 2 is 1.77 bits per heavy atom. The van der Waals surface area contributed by atoms with Crippen LogP contribution in [-0.4, -0.2) is 33.5 Å². The molecule has 26 heavy (non-hydrogen) atoms. The maximum absolute atomic E-state index is 5.01. The SMILES string of the molecule is Cc1ccc2c(c1)c1nc3cc(C)c(C)cc3nc1n2CC1=NCCN1. The standard InChI is InChI=1S/C21H21N5/c1-12-4-5-18-15(8-12)20-21(26(18)11-19-22-6-7-23-19)25-17-10-14(3)13(2)9-16(17)24-20/h4-5,8-10H,6-7,11H2,1-3H3,(H,22,23). The molecule has 0 aliphatic carbocycles. The topological polar surface area (TPSA) is 55.1 Å². The molecule has 1 aliphatic heterocycles. The summed E-state index contributed by atoms with van der Waals surface area (Å²) in [6, 6.07) is 10.8. The van der Waals surface area contributed by atoms with Gasteiger partial charge in [0, 0.05) is 11.9 Å². The molecular formula is C21H21N5. The summed E-state index contributed by atoms with van der Waals surface area (Å²) in [4.78, 5) is 14.6. The first kappa shape index (κ1) is 15.3. The van der Waals surface area contributed by atoms with Gasteiger partial charge in [-0.2, -0.15) is 0 Å². The molecular weight excluding hydrogens is 322 g/mol. The second kappa shape index (κ2) is 5.53. The van der Waals surface area contributed by atoms with Crippen molar-refractivity contribution in [2.45, 2.75) is 27.3 Å². The highest BCUT2D eigenvalue weighted by atomic mass is 15.1. The molecule has 0 fully saturated rings. The summed E-state index contributed by atoms with van der Waals surface area (Å²) < 4.78 is 2.24. The number of hydrogen-bond donors (Lipinski definition) is 1. The zero-order chi connectivity index (χ0) is 17.8. The molecule has 2 aromatic heterocycles. The average molecular weight is 343 g/mol. The van der Waals surface area contributed by atoms with Crippen LogP contribution < -0.4 is 5.32 Å². The molecule has 130 valence electrons. The average Bonchev–Trinajstić information content (AvgIpc) is 3.22. The number of aliphatic imine (C=N–C) groups is 1. The highest BCUT2D eigenvalue weighted by Gasteiger charge is 2.17. The van der Waals surface area contributed by atoms with E-state index in [-0.39, 0.29) is 0 Å². The maximum Gasteiger partial charge on any atom is 0.160 e. The van der Waals surface area contributed by atoms with Gasteiger partial charge in [0.1, 0.15) is 11.4 Å². The predicted molar refractivity (Wildman–Crippen MR) is 107 cm³/mol. The van der Waals surface area contributed by atoms with Gasteiger partial charge in [0.05, 0.1) is 29.6 Å². The first-order valence-electron chi connectivity index (χ1n) is 9.05. The van der Waals surface area contributed by atoms with E-state index in [1.54, 1.807) is 0 Å². The highest BCUT2D eigenvalue weighted by molar-refractivity contribution is 6.07. The Bertz CT molecular complexity index is 1220. The van der Waals surface area contributed by atoms with Gasteiger partial charge in [-0.05, 0) is 56.2 Å². The third kappa shape index (κ3) is 2.27. The number of benzene rings is 2. The van der Waals surface area contributed by atoms with E-state index in [1.165, 1.54) is 16.7 Å². The Labute approximate surface area is 151 Å². The van der Waals surface area contributed by atoms with Gasteiger partial charge in [0.2, 0.25) is 0 Å². The van der Waals surface area contributed by atoms with Crippen LogP contribution in [0.2, 0.25) is 0 Å². The third-order valence-electron chi connectivity index (χ3n) is 5.27. The lowest BCUT2D eigenvalue weighted by Crippen LogP contribution is -2.23. The number of amidine groups is 1. The van der Waals surface area contributed by atoms with Crippen molar-refractivity contribution in [1.29, 1.82) is 0 Å². The monoisotopic (exact) mass is 343 g/mol. The minimum Gasteiger partial charge on any atom is -0.370 e. The van der Waals surface area contributed by atoms with Gasteiger partial charge in [-0.3, -0.25) is 4.99 Å². The maximum atomic E-state index is 5.01. The molecule has 1 aliphatic rings. The van der Waals surface area contributed by atoms with Gasteiger partial charge in [-0.1, -0.05) is 11.6 Å². The summed E-state index contributed by atoms with van der Waals surface area (Å²) in [5.41, 5.74) is 8.68. The molecule has 0 bridgehead atoms.